The first kappa shape index (κ1) is 17.0. The van der Waals surface area contributed by atoms with Gasteiger partial charge in [-0.3, -0.25) is 4.90 Å². The number of hydrogen-bond acceptors (Lipinski definition) is 2. The van der Waals surface area contributed by atoms with Crippen LogP contribution in [0.2, 0.25) is 0 Å². The van der Waals surface area contributed by atoms with Crippen LogP contribution in [0.1, 0.15) is 23.6 Å². The maximum Gasteiger partial charge on any atom is 0.0976 e. The number of piperazine rings is 1. The predicted octanol–water partition coefficient (Wildman–Crippen LogP) is 4.27. The van der Waals surface area contributed by atoms with Crippen molar-refractivity contribution in [2.75, 3.05) is 19.6 Å². The molecule has 2 heteroatoms. The summed E-state index contributed by atoms with van der Waals surface area (Å²) in [4.78, 5) is 2.67. The van der Waals surface area contributed by atoms with Crippen molar-refractivity contribution in [3.8, 4) is 0 Å². The summed E-state index contributed by atoms with van der Waals surface area (Å²) in [5.74, 6) is 0. The van der Waals surface area contributed by atoms with Crippen LogP contribution in [0.3, 0.4) is 0 Å². The Morgan fingerprint density at radius 1 is 0.731 bits per heavy atom. The number of hydrogen-bond donors (Lipinski definition) is 1. The van der Waals surface area contributed by atoms with E-state index in [1.807, 2.05) is 0 Å². The summed E-state index contributed by atoms with van der Waals surface area (Å²) in [5, 5.41) is 3.55. The Morgan fingerprint density at radius 2 is 1.15 bits per heavy atom. The van der Waals surface area contributed by atoms with E-state index >= 15 is 0 Å². The van der Waals surface area contributed by atoms with E-state index in [0.717, 1.165) is 19.6 Å². The normalized spacial score (nSPS) is 18.6. The van der Waals surface area contributed by atoms with E-state index in [0.29, 0.717) is 6.04 Å². The lowest BCUT2D eigenvalue weighted by atomic mass is 9.74. The Balaban J connectivity index is 2.03. The molecule has 0 spiro atoms. The standard InChI is InChI=1S/C24H26N2/c1-20-19-25-17-18-26(20)24(21-11-5-2-6-12-21,22-13-7-3-8-14-22)23-15-9-4-10-16-23/h2-16,20,25H,17-19H2,1H3/t20-/m1/s1. The van der Waals surface area contributed by atoms with E-state index in [1.54, 1.807) is 0 Å². The minimum absolute atomic E-state index is 0.286. The van der Waals surface area contributed by atoms with E-state index in [1.165, 1.54) is 16.7 Å². The summed E-state index contributed by atoms with van der Waals surface area (Å²) in [6.07, 6.45) is 0. The van der Waals surface area contributed by atoms with Gasteiger partial charge in [-0.15, -0.1) is 0 Å². The van der Waals surface area contributed by atoms with Crippen LogP contribution >= 0.6 is 0 Å². The number of rotatable bonds is 4. The second-order valence-electron chi connectivity index (χ2n) is 7.06. The summed E-state index contributed by atoms with van der Waals surface area (Å²) < 4.78 is 0. The minimum atomic E-state index is -0.286. The van der Waals surface area contributed by atoms with Gasteiger partial charge >= 0.3 is 0 Å². The molecule has 1 aliphatic rings. The van der Waals surface area contributed by atoms with Gasteiger partial charge in [0.25, 0.3) is 0 Å². The average molecular weight is 342 g/mol. The third kappa shape index (κ3) is 2.86. The van der Waals surface area contributed by atoms with Gasteiger partial charge in [0.15, 0.2) is 0 Å². The Hall–Kier alpha value is -2.42. The van der Waals surface area contributed by atoms with Crippen LogP contribution < -0.4 is 5.32 Å². The molecule has 26 heavy (non-hydrogen) atoms. The lowest BCUT2D eigenvalue weighted by molar-refractivity contribution is 0.0846. The summed E-state index contributed by atoms with van der Waals surface area (Å²) in [5.41, 5.74) is 3.69. The molecule has 1 heterocycles. The summed E-state index contributed by atoms with van der Waals surface area (Å²) in [6.45, 7) is 5.36. The van der Waals surface area contributed by atoms with E-state index < -0.39 is 0 Å². The first-order valence-corrected chi connectivity index (χ1v) is 9.47. The molecular weight excluding hydrogens is 316 g/mol. The highest BCUT2D eigenvalue weighted by molar-refractivity contribution is 5.50. The van der Waals surface area contributed by atoms with Gasteiger partial charge in [0.1, 0.15) is 0 Å². The fraction of sp³-hybridized carbons (Fsp3) is 0.250. The lowest BCUT2D eigenvalue weighted by Gasteiger charge is -2.50. The molecule has 1 N–H and O–H groups in total. The Bertz CT molecular complexity index is 718. The van der Waals surface area contributed by atoms with Crippen LogP contribution in [-0.4, -0.2) is 30.6 Å². The SMILES string of the molecule is C[C@@H]1CNCCN1C(c1ccccc1)(c1ccccc1)c1ccccc1. The van der Waals surface area contributed by atoms with Gasteiger partial charge in [0.2, 0.25) is 0 Å². The van der Waals surface area contributed by atoms with Gasteiger partial charge in [0, 0.05) is 25.7 Å². The van der Waals surface area contributed by atoms with Gasteiger partial charge < -0.3 is 5.32 Å². The highest BCUT2D eigenvalue weighted by atomic mass is 15.3. The fourth-order valence-electron chi connectivity index (χ4n) is 4.37. The second kappa shape index (κ2) is 7.45. The summed E-state index contributed by atoms with van der Waals surface area (Å²) in [7, 11) is 0. The molecule has 1 aliphatic heterocycles. The molecule has 1 fully saturated rings. The molecule has 0 unspecified atom stereocenters. The van der Waals surface area contributed by atoms with Crippen LogP contribution in [0.5, 0.6) is 0 Å². The largest absolute Gasteiger partial charge is 0.314 e. The quantitative estimate of drug-likeness (QED) is 0.712. The van der Waals surface area contributed by atoms with Gasteiger partial charge in [0.05, 0.1) is 5.54 Å². The zero-order valence-corrected chi connectivity index (χ0v) is 15.3. The first-order chi connectivity index (χ1) is 12.8. The molecule has 0 amide bonds. The first-order valence-electron chi connectivity index (χ1n) is 9.47. The third-order valence-corrected chi connectivity index (χ3v) is 5.51. The molecule has 3 aromatic rings. The average Bonchev–Trinajstić information content (AvgIpc) is 2.72. The molecule has 2 nitrogen and oxygen atoms in total. The predicted molar refractivity (Wildman–Crippen MR) is 108 cm³/mol. The molecule has 4 rings (SSSR count). The number of nitrogens with one attached hydrogen (secondary N) is 1. The topological polar surface area (TPSA) is 15.3 Å². The minimum Gasteiger partial charge on any atom is -0.314 e. The maximum absolute atomic E-state index is 3.55. The van der Waals surface area contributed by atoms with Crippen molar-refractivity contribution in [2.24, 2.45) is 0 Å². The Morgan fingerprint density at radius 3 is 1.54 bits per heavy atom. The smallest absolute Gasteiger partial charge is 0.0976 e. The van der Waals surface area contributed by atoms with E-state index in [-0.39, 0.29) is 5.54 Å². The lowest BCUT2D eigenvalue weighted by Crippen LogP contribution is -2.59. The van der Waals surface area contributed by atoms with Crippen molar-refractivity contribution in [3.05, 3.63) is 108 Å². The molecule has 0 aromatic heterocycles. The zero-order chi connectivity index (χ0) is 17.8. The molecule has 0 aliphatic carbocycles. The molecule has 1 saturated heterocycles. The van der Waals surface area contributed by atoms with Gasteiger partial charge in [-0.1, -0.05) is 91.0 Å². The monoisotopic (exact) mass is 342 g/mol. The Kier molecular flexibility index (Phi) is 4.87. The van der Waals surface area contributed by atoms with Crippen molar-refractivity contribution < 1.29 is 0 Å². The third-order valence-electron chi connectivity index (χ3n) is 5.51. The van der Waals surface area contributed by atoms with Crippen molar-refractivity contribution in [1.29, 1.82) is 0 Å². The maximum atomic E-state index is 3.55. The van der Waals surface area contributed by atoms with Crippen LogP contribution in [0.4, 0.5) is 0 Å². The Labute approximate surface area is 156 Å². The van der Waals surface area contributed by atoms with Crippen LogP contribution in [0.15, 0.2) is 91.0 Å². The van der Waals surface area contributed by atoms with Gasteiger partial charge in [-0.25, -0.2) is 0 Å². The van der Waals surface area contributed by atoms with Gasteiger partial charge in [-0.05, 0) is 23.6 Å². The van der Waals surface area contributed by atoms with Gasteiger partial charge in [-0.2, -0.15) is 0 Å². The summed E-state index contributed by atoms with van der Waals surface area (Å²) in [6, 6.07) is 33.3. The summed E-state index contributed by atoms with van der Waals surface area (Å²) >= 11 is 0. The van der Waals surface area contributed by atoms with E-state index in [4.69, 9.17) is 0 Å². The van der Waals surface area contributed by atoms with Crippen molar-refractivity contribution in [1.82, 2.24) is 10.2 Å². The molecule has 0 radical (unpaired) electrons. The molecule has 0 bridgehead atoms. The zero-order valence-electron chi connectivity index (χ0n) is 15.3. The van der Waals surface area contributed by atoms with Crippen LogP contribution in [0.25, 0.3) is 0 Å². The van der Waals surface area contributed by atoms with Crippen molar-refractivity contribution >= 4 is 0 Å². The number of nitrogens with zero attached hydrogens (tertiary/aromatic N) is 1. The van der Waals surface area contributed by atoms with Crippen molar-refractivity contribution in [2.45, 2.75) is 18.5 Å². The molecule has 132 valence electrons. The van der Waals surface area contributed by atoms with Crippen LogP contribution in [0, 0.1) is 0 Å². The van der Waals surface area contributed by atoms with Crippen molar-refractivity contribution in [3.63, 3.8) is 0 Å². The number of benzene rings is 3. The molecule has 3 aromatic carbocycles. The van der Waals surface area contributed by atoms with Crippen LogP contribution in [-0.2, 0) is 5.54 Å². The van der Waals surface area contributed by atoms with E-state index in [2.05, 4.69) is 108 Å². The van der Waals surface area contributed by atoms with E-state index in [9.17, 15) is 0 Å². The highest BCUT2D eigenvalue weighted by Crippen LogP contribution is 2.43. The fourth-order valence-corrected chi connectivity index (χ4v) is 4.37. The molecule has 0 saturated carbocycles. The second-order valence-corrected chi connectivity index (χ2v) is 7.06. The highest BCUT2D eigenvalue weighted by Gasteiger charge is 2.44. The molecular formula is C24H26N2. The molecule has 1 atom stereocenters.